The smallest absolute Gasteiger partial charge is 0.303 e. The number of aliphatic carboxylic acids is 1. The Balaban J connectivity index is 2.17. The molecule has 0 spiro atoms. The molecule has 0 saturated heterocycles. The molecule has 3 nitrogen and oxygen atoms in total. The number of halogens is 1. The number of hydrogen-bond donors (Lipinski definition) is 2. The quantitative estimate of drug-likeness (QED) is 0.761. The number of H-pyrrole nitrogens is 1. The first-order chi connectivity index (χ1) is 9.65. The summed E-state index contributed by atoms with van der Waals surface area (Å²) in [6.45, 7) is 0. The van der Waals surface area contributed by atoms with Gasteiger partial charge >= 0.3 is 5.97 Å². The van der Waals surface area contributed by atoms with Crippen LogP contribution in [0.2, 0.25) is 0 Å². The summed E-state index contributed by atoms with van der Waals surface area (Å²) >= 11 is 1.57. The van der Waals surface area contributed by atoms with Gasteiger partial charge in [-0.2, -0.15) is 0 Å². The van der Waals surface area contributed by atoms with Crippen molar-refractivity contribution in [3.05, 3.63) is 47.1 Å². The van der Waals surface area contributed by atoms with Gasteiger partial charge in [-0.05, 0) is 41.6 Å². The van der Waals surface area contributed by atoms with Crippen LogP contribution in [-0.4, -0.2) is 16.1 Å². The van der Waals surface area contributed by atoms with Gasteiger partial charge in [0.2, 0.25) is 0 Å². The van der Waals surface area contributed by atoms with Crippen LogP contribution in [0.5, 0.6) is 0 Å². The summed E-state index contributed by atoms with van der Waals surface area (Å²) in [7, 11) is 0. The van der Waals surface area contributed by atoms with Crippen molar-refractivity contribution in [3.63, 3.8) is 0 Å². The zero-order valence-corrected chi connectivity index (χ0v) is 11.3. The van der Waals surface area contributed by atoms with Crippen LogP contribution >= 0.6 is 11.3 Å². The fraction of sp³-hybridized carbons (Fsp3) is 0.133. The first kappa shape index (κ1) is 12.9. The molecule has 0 saturated carbocycles. The van der Waals surface area contributed by atoms with Crippen molar-refractivity contribution in [2.45, 2.75) is 12.8 Å². The summed E-state index contributed by atoms with van der Waals surface area (Å²) in [6, 6.07) is 8.45. The molecule has 102 valence electrons. The van der Waals surface area contributed by atoms with Gasteiger partial charge in [-0.1, -0.05) is 6.07 Å². The molecule has 0 aliphatic carbocycles. The normalized spacial score (nSPS) is 11.1. The number of benzene rings is 1. The van der Waals surface area contributed by atoms with Crippen LogP contribution in [-0.2, 0) is 11.2 Å². The lowest BCUT2D eigenvalue weighted by atomic mass is 10.0. The average molecular weight is 289 g/mol. The van der Waals surface area contributed by atoms with E-state index in [1.165, 1.54) is 12.1 Å². The number of aryl methyl sites for hydroxylation is 1. The van der Waals surface area contributed by atoms with E-state index in [-0.39, 0.29) is 12.2 Å². The SMILES string of the molecule is O=C(O)CCc1c(-c2cccs2)[nH]c2ccc(F)cc12. The van der Waals surface area contributed by atoms with E-state index in [0.717, 1.165) is 27.0 Å². The van der Waals surface area contributed by atoms with Gasteiger partial charge in [0.1, 0.15) is 5.82 Å². The minimum Gasteiger partial charge on any atom is -0.481 e. The number of thiophene rings is 1. The van der Waals surface area contributed by atoms with E-state index >= 15 is 0 Å². The lowest BCUT2D eigenvalue weighted by Gasteiger charge is -2.01. The number of hydrogen-bond acceptors (Lipinski definition) is 2. The highest BCUT2D eigenvalue weighted by Gasteiger charge is 2.15. The monoisotopic (exact) mass is 289 g/mol. The van der Waals surface area contributed by atoms with Crippen molar-refractivity contribution in [2.24, 2.45) is 0 Å². The molecule has 2 heterocycles. The third-order valence-corrected chi connectivity index (χ3v) is 4.11. The Labute approximate surface area is 118 Å². The van der Waals surface area contributed by atoms with Crippen molar-refractivity contribution >= 4 is 28.2 Å². The van der Waals surface area contributed by atoms with Crippen molar-refractivity contribution in [1.82, 2.24) is 4.98 Å². The van der Waals surface area contributed by atoms with Crippen LogP contribution in [0.1, 0.15) is 12.0 Å². The molecule has 2 aromatic heterocycles. The number of nitrogens with one attached hydrogen (secondary N) is 1. The molecule has 0 aliphatic heterocycles. The summed E-state index contributed by atoms with van der Waals surface area (Å²) in [5.41, 5.74) is 2.58. The van der Waals surface area contributed by atoms with Crippen LogP contribution in [0.15, 0.2) is 35.7 Å². The first-order valence-electron chi connectivity index (χ1n) is 6.21. The third kappa shape index (κ3) is 2.32. The molecule has 0 unspecified atom stereocenters. The molecule has 1 aromatic carbocycles. The number of carboxylic acid groups (broad SMARTS) is 1. The van der Waals surface area contributed by atoms with Gasteiger partial charge in [0, 0.05) is 17.3 Å². The first-order valence-corrected chi connectivity index (χ1v) is 7.09. The summed E-state index contributed by atoms with van der Waals surface area (Å²) in [4.78, 5) is 15.1. The molecular formula is C15H12FNO2S. The van der Waals surface area contributed by atoms with Gasteiger partial charge in [-0.3, -0.25) is 4.79 Å². The van der Waals surface area contributed by atoms with Crippen LogP contribution in [0.3, 0.4) is 0 Å². The molecule has 3 aromatic rings. The minimum absolute atomic E-state index is 0.0296. The van der Waals surface area contributed by atoms with Crippen molar-refractivity contribution < 1.29 is 14.3 Å². The van der Waals surface area contributed by atoms with Crippen LogP contribution in [0.25, 0.3) is 21.5 Å². The Morgan fingerprint density at radius 3 is 2.90 bits per heavy atom. The van der Waals surface area contributed by atoms with E-state index in [2.05, 4.69) is 4.98 Å². The second kappa shape index (κ2) is 5.09. The van der Waals surface area contributed by atoms with E-state index in [1.54, 1.807) is 17.4 Å². The fourth-order valence-electron chi connectivity index (χ4n) is 2.34. The van der Waals surface area contributed by atoms with Crippen molar-refractivity contribution in [1.29, 1.82) is 0 Å². The Morgan fingerprint density at radius 1 is 1.35 bits per heavy atom. The molecule has 0 bridgehead atoms. The molecule has 0 atom stereocenters. The zero-order valence-electron chi connectivity index (χ0n) is 10.5. The molecule has 3 rings (SSSR count). The van der Waals surface area contributed by atoms with E-state index < -0.39 is 5.97 Å². The largest absolute Gasteiger partial charge is 0.481 e. The Kier molecular flexibility index (Phi) is 3.28. The maximum absolute atomic E-state index is 13.4. The Bertz CT molecular complexity index is 762. The molecule has 0 fully saturated rings. The topological polar surface area (TPSA) is 53.1 Å². The van der Waals surface area contributed by atoms with Crippen molar-refractivity contribution in [2.75, 3.05) is 0 Å². The van der Waals surface area contributed by atoms with Gasteiger partial charge in [-0.25, -0.2) is 4.39 Å². The fourth-order valence-corrected chi connectivity index (χ4v) is 3.10. The Hall–Kier alpha value is -2.14. The molecule has 2 N–H and O–H groups in total. The molecule has 0 amide bonds. The maximum Gasteiger partial charge on any atom is 0.303 e. The highest BCUT2D eigenvalue weighted by atomic mass is 32.1. The van der Waals surface area contributed by atoms with E-state index in [4.69, 9.17) is 5.11 Å². The number of fused-ring (bicyclic) bond motifs is 1. The number of rotatable bonds is 4. The number of carboxylic acids is 1. The standard InChI is InChI=1S/C15H12FNO2S/c16-9-3-5-12-11(8-9)10(4-6-14(18)19)15(17-12)13-2-1-7-20-13/h1-3,5,7-8,17H,4,6H2,(H,18,19). The highest BCUT2D eigenvalue weighted by Crippen LogP contribution is 2.34. The summed E-state index contributed by atoms with van der Waals surface area (Å²) in [5, 5.41) is 11.6. The van der Waals surface area contributed by atoms with Gasteiger partial charge in [0.05, 0.1) is 10.6 Å². The molecule has 20 heavy (non-hydrogen) atoms. The van der Waals surface area contributed by atoms with E-state index in [0.29, 0.717) is 6.42 Å². The van der Waals surface area contributed by atoms with E-state index in [1.807, 2.05) is 17.5 Å². The summed E-state index contributed by atoms with van der Waals surface area (Å²) in [6.07, 6.45) is 0.411. The van der Waals surface area contributed by atoms with Crippen LogP contribution in [0, 0.1) is 5.82 Å². The third-order valence-electron chi connectivity index (χ3n) is 3.22. The van der Waals surface area contributed by atoms with Gasteiger partial charge in [-0.15, -0.1) is 11.3 Å². The van der Waals surface area contributed by atoms with Gasteiger partial charge < -0.3 is 10.1 Å². The lowest BCUT2D eigenvalue weighted by molar-refractivity contribution is -0.136. The number of aromatic amines is 1. The second-order valence-electron chi connectivity index (χ2n) is 4.54. The summed E-state index contributed by atoms with van der Waals surface area (Å²) < 4.78 is 13.4. The zero-order chi connectivity index (χ0) is 14.1. The minimum atomic E-state index is -0.854. The summed E-state index contributed by atoms with van der Waals surface area (Å²) in [5.74, 6) is -1.17. The lowest BCUT2D eigenvalue weighted by Crippen LogP contribution is -1.98. The Morgan fingerprint density at radius 2 is 2.20 bits per heavy atom. The van der Waals surface area contributed by atoms with E-state index in [9.17, 15) is 9.18 Å². The average Bonchev–Trinajstić information content (AvgIpc) is 3.02. The second-order valence-corrected chi connectivity index (χ2v) is 5.49. The molecule has 0 aliphatic rings. The highest BCUT2D eigenvalue weighted by molar-refractivity contribution is 7.13. The predicted molar refractivity (Wildman–Crippen MR) is 77.5 cm³/mol. The molecular weight excluding hydrogens is 277 g/mol. The van der Waals surface area contributed by atoms with Crippen LogP contribution < -0.4 is 0 Å². The van der Waals surface area contributed by atoms with Crippen molar-refractivity contribution in [3.8, 4) is 10.6 Å². The number of aromatic nitrogens is 1. The van der Waals surface area contributed by atoms with Crippen LogP contribution in [0.4, 0.5) is 4.39 Å². The molecule has 5 heteroatoms. The number of carbonyl (C=O) groups is 1. The molecule has 0 radical (unpaired) electrons. The van der Waals surface area contributed by atoms with Gasteiger partial charge in [0.25, 0.3) is 0 Å². The predicted octanol–water partition coefficient (Wildman–Crippen LogP) is 4.05. The van der Waals surface area contributed by atoms with Gasteiger partial charge in [0.15, 0.2) is 0 Å². The maximum atomic E-state index is 13.4.